The predicted octanol–water partition coefficient (Wildman–Crippen LogP) is 1.76. The molecule has 0 saturated carbocycles. The Hall–Kier alpha value is -2.63. The average molecular weight is 247 g/mol. The molecule has 4 N–H and O–H groups in total. The summed E-state index contributed by atoms with van der Waals surface area (Å²) in [6, 6.07) is 6.24. The molecule has 0 aliphatic rings. The number of carbonyl (C=O) groups excluding carboxylic acids is 1. The molecule has 0 bridgehead atoms. The van der Waals surface area contributed by atoms with Crippen LogP contribution in [0.3, 0.4) is 0 Å². The summed E-state index contributed by atoms with van der Waals surface area (Å²) in [7, 11) is 0. The van der Waals surface area contributed by atoms with E-state index in [9.17, 15) is 14.3 Å². The Balaban J connectivity index is 2.19. The number of phenols is 1. The smallest absolute Gasteiger partial charge is 0.260 e. The Morgan fingerprint density at radius 3 is 2.72 bits per heavy atom. The third kappa shape index (κ3) is 2.54. The Morgan fingerprint density at radius 1 is 1.33 bits per heavy atom. The molecule has 2 aromatic rings. The Labute approximate surface area is 102 Å². The van der Waals surface area contributed by atoms with Crippen molar-refractivity contribution >= 4 is 17.4 Å². The number of nitrogens with zero attached hydrogens (tertiary/aromatic N) is 1. The fourth-order valence-electron chi connectivity index (χ4n) is 1.36. The van der Waals surface area contributed by atoms with Crippen molar-refractivity contribution in [1.82, 2.24) is 4.98 Å². The minimum absolute atomic E-state index is 0.0324. The van der Waals surface area contributed by atoms with E-state index in [4.69, 9.17) is 5.73 Å². The fourth-order valence-corrected chi connectivity index (χ4v) is 1.36. The highest BCUT2D eigenvalue weighted by atomic mass is 19.1. The number of amides is 1. The van der Waals surface area contributed by atoms with Gasteiger partial charge in [0.05, 0.1) is 17.4 Å². The van der Waals surface area contributed by atoms with Crippen LogP contribution in [0, 0.1) is 5.82 Å². The lowest BCUT2D eigenvalue weighted by Crippen LogP contribution is -2.13. The number of nitrogens with two attached hydrogens (primary N) is 1. The van der Waals surface area contributed by atoms with Crippen molar-refractivity contribution in [1.29, 1.82) is 0 Å². The van der Waals surface area contributed by atoms with Gasteiger partial charge in [-0.05, 0) is 24.3 Å². The second-order valence-electron chi connectivity index (χ2n) is 3.59. The van der Waals surface area contributed by atoms with Crippen molar-refractivity contribution in [3.05, 3.63) is 47.9 Å². The van der Waals surface area contributed by atoms with E-state index in [1.165, 1.54) is 18.3 Å². The SMILES string of the molecule is Nc1ccc(NC(=O)c2ccc(F)cc2O)nc1. The quantitative estimate of drug-likeness (QED) is 0.754. The lowest BCUT2D eigenvalue weighted by atomic mass is 10.2. The number of rotatable bonds is 2. The molecule has 0 saturated heterocycles. The van der Waals surface area contributed by atoms with Crippen molar-refractivity contribution in [3.63, 3.8) is 0 Å². The topological polar surface area (TPSA) is 88.2 Å². The van der Waals surface area contributed by atoms with Gasteiger partial charge in [0.2, 0.25) is 0 Å². The third-order valence-electron chi connectivity index (χ3n) is 2.23. The number of benzene rings is 1. The summed E-state index contributed by atoms with van der Waals surface area (Å²) in [4.78, 5) is 15.6. The van der Waals surface area contributed by atoms with Crippen LogP contribution < -0.4 is 11.1 Å². The number of nitrogen functional groups attached to an aromatic ring is 1. The lowest BCUT2D eigenvalue weighted by Gasteiger charge is -2.06. The Morgan fingerprint density at radius 2 is 2.11 bits per heavy atom. The van der Waals surface area contributed by atoms with Gasteiger partial charge < -0.3 is 16.2 Å². The van der Waals surface area contributed by atoms with Gasteiger partial charge in [-0.25, -0.2) is 9.37 Å². The van der Waals surface area contributed by atoms with Gasteiger partial charge in [0, 0.05) is 6.07 Å². The normalized spacial score (nSPS) is 10.1. The van der Waals surface area contributed by atoms with Crippen molar-refractivity contribution < 1.29 is 14.3 Å². The standard InChI is InChI=1S/C12H10FN3O2/c13-7-1-3-9(10(17)5-7)12(18)16-11-4-2-8(14)6-15-11/h1-6,17H,14H2,(H,15,16,18). The zero-order chi connectivity index (χ0) is 13.1. The minimum Gasteiger partial charge on any atom is -0.507 e. The molecule has 0 atom stereocenters. The number of halogens is 1. The van der Waals surface area contributed by atoms with Gasteiger partial charge in [0.1, 0.15) is 17.4 Å². The molecule has 1 amide bonds. The van der Waals surface area contributed by atoms with Crippen LogP contribution in [0.5, 0.6) is 5.75 Å². The van der Waals surface area contributed by atoms with E-state index >= 15 is 0 Å². The highest BCUT2D eigenvalue weighted by molar-refractivity contribution is 6.05. The second kappa shape index (κ2) is 4.70. The van der Waals surface area contributed by atoms with Crippen LogP contribution in [0.1, 0.15) is 10.4 Å². The highest BCUT2D eigenvalue weighted by Crippen LogP contribution is 2.19. The molecule has 0 aliphatic carbocycles. The molecular formula is C12H10FN3O2. The molecule has 1 aromatic carbocycles. The summed E-state index contributed by atoms with van der Waals surface area (Å²) < 4.78 is 12.8. The van der Waals surface area contributed by atoms with Gasteiger partial charge >= 0.3 is 0 Å². The monoisotopic (exact) mass is 247 g/mol. The maximum atomic E-state index is 12.8. The first-order valence-corrected chi connectivity index (χ1v) is 5.07. The fraction of sp³-hybridized carbons (Fsp3) is 0. The van der Waals surface area contributed by atoms with E-state index in [2.05, 4.69) is 10.3 Å². The Kier molecular flexibility index (Phi) is 3.09. The van der Waals surface area contributed by atoms with E-state index in [0.717, 1.165) is 12.1 Å². The van der Waals surface area contributed by atoms with Gasteiger partial charge in [-0.1, -0.05) is 0 Å². The molecule has 1 heterocycles. The summed E-state index contributed by atoms with van der Waals surface area (Å²) in [6.07, 6.45) is 1.39. The first kappa shape index (κ1) is 11.8. The van der Waals surface area contributed by atoms with Gasteiger partial charge in [-0.15, -0.1) is 0 Å². The first-order valence-electron chi connectivity index (χ1n) is 5.07. The number of pyridine rings is 1. The summed E-state index contributed by atoms with van der Waals surface area (Å²) in [5.74, 6) is -1.33. The van der Waals surface area contributed by atoms with Crippen LogP contribution in [-0.4, -0.2) is 16.0 Å². The molecule has 5 nitrogen and oxygen atoms in total. The van der Waals surface area contributed by atoms with Crippen LogP contribution in [0.15, 0.2) is 36.5 Å². The van der Waals surface area contributed by atoms with Crippen LogP contribution in [0.2, 0.25) is 0 Å². The number of aromatic hydroxyl groups is 1. The van der Waals surface area contributed by atoms with Crippen molar-refractivity contribution in [2.24, 2.45) is 0 Å². The molecule has 0 aliphatic heterocycles. The largest absolute Gasteiger partial charge is 0.507 e. The summed E-state index contributed by atoms with van der Waals surface area (Å²) in [6.45, 7) is 0. The number of nitrogens with one attached hydrogen (secondary N) is 1. The Bertz CT molecular complexity index is 584. The number of carbonyl (C=O) groups is 1. The molecule has 18 heavy (non-hydrogen) atoms. The van der Waals surface area contributed by atoms with E-state index in [1.807, 2.05) is 0 Å². The summed E-state index contributed by atoms with van der Waals surface area (Å²) in [5, 5.41) is 11.9. The van der Waals surface area contributed by atoms with E-state index in [1.54, 1.807) is 6.07 Å². The molecule has 0 radical (unpaired) electrons. The second-order valence-corrected chi connectivity index (χ2v) is 3.59. The summed E-state index contributed by atoms with van der Waals surface area (Å²) >= 11 is 0. The van der Waals surface area contributed by atoms with Crippen LogP contribution in [-0.2, 0) is 0 Å². The maximum absolute atomic E-state index is 12.8. The summed E-state index contributed by atoms with van der Waals surface area (Å²) in [5.41, 5.74) is 5.89. The number of hydrogen-bond acceptors (Lipinski definition) is 4. The number of aromatic nitrogens is 1. The average Bonchev–Trinajstić information content (AvgIpc) is 2.32. The van der Waals surface area contributed by atoms with Crippen LogP contribution in [0.4, 0.5) is 15.9 Å². The van der Waals surface area contributed by atoms with Gasteiger partial charge in [-0.2, -0.15) is 0 Å². The molecule has 1 aromatic heterocycles. The van der Waals surface area contributed by atoms with Gasteiger partial charge in [-0.3, -0.25) is 4.79 Å². The van der Waals surface area contributed by atoms with Crippen molar-refractivity contribution in [3.8, 4) is 5.75 Å². The molecule has 92 valence electrons. The molecular weight excluding hydrogens is 237 g/mol. The molecule has 2 rings (SSSR count). The lowest BCUT2D eigenvalue weighted by molar-refractivity contribution is 0.102. The van der Waals surface area contributed by atoms with Crippen molar-refractivity contribution in [2.75, 3.05) is 11.1 Å². The maximum Gasteiger partial charge on any atom is 0.260 e. The zero-order valence-corrected chi connectivity index (χ0v) is 9.22. The first-order chi connectivity index (χ1) is 8.56. The minimum atomic E-state index is -0.616. The van der Waals surface area contributed by atoms with Gasteiger partial charge in [0.15, 0.2) is 0 Å². The predicted molar refractivity (Wildman–Crippen MR) is 64.7 cm³/mol. The molecule has 0 fully saturated rings. The molecule has 6 heteroatoms. The van der Waals surface area contributed by atoms with Crippen LogP contribution >= 0.6 is 0 Å². The highest BCUT2D eigenvalue weighted by Gasteiger charge is 2.12. The van der Waals surface area contributed by atoms with Crippen molar-refractivity contribution in [2.45, 2.75) is 0 Å². The van der Waals surface area contributed by atoms with E-state index < -0.39 is 17.5 Å². The number of hydrogen-bond donors (Lipinski definition) is 3. The van der Waals surface area contributed by atoms with Crippen LogP contribution in [0.25, 0.3) is 0 Å². The zero-order valence-electron chi connectivity index (χ0n) is 9.22. The molecule has 0 spiro atoms. The molecule has 0 unspecified atom stereocenters. The number of phenolic OH excluding ortho intramolecular Hbond substituents is 1. The van der Waals surface area contributed by atoms with E-state index in [0.29, 0.717) is 5.69 Å². The third-order valence-corrected chi connectivity index (χ3v) is 2.23. The number of anilines is 2. The van der Waals surface area contributed by atoms with Gasteiger partial charge in [0.25, 0.3) is 5.91 Å². The van der Waals surface area contributed by atoms with E-state index in [-0.39, 0.29) is 11.4 Å².